The van der Waals surface area contributed by atoms with E-state index in [-0.39, 0.29) is 11.8 Å². The van der Waals surface area contributed by atoms with E-state index in [1.54, 1.807) is 6.07 Å². The summed E-state index contributed by atoms with van der Waals surface area (Å²) in [6.07, 6.45) is 3.27. The molecule has 13 heavy (non-hydrogen) atoms. The third-order valence-corrected chi connectivity index (χ3v) is 4.64. The molecule has 0 aromatic rings. The molecule has 0 aromatic carbocycles. The lowest BCUT2D eigenvalue weighted by Gasteiger charge is -2.42. The average Bonchev–Trinajstić information content (AvgIpc) is 2.31. The molecule has 2 fully saturated rings. The first-order valence-corrected chi connectivity index (χ1v) is 6.12. The van der Waals surface area contributed by atoms with Gasteiger partial charge in [-0.25, -0.2) is 8.42 Å². The van der Waals surface area contributed by atoms with Gasteiger partial charge < -0.3 is 0 Å². The molecule has 0 bridgehead atoms. The molecule has 1 saturated carbocycles. The summed E-state index contributed by atoms with van der Waals surface area (Å²) in [5.41, 5.74) is 0. The lowest BCUT2D eigenvalue weighted by atomic mass is 9.96. The monoisotopic (exact) mass is 200 g/mol. The fraction of sp³-hybridized carbons (Fsp3) is 0.875. The van der Waals surface area contributed by atoms with Gasteiger partial charge in [0.25, 0.3) is 0 Å². The van der Waals surface area contributed by atoms with Crippen LogP contribution in [0, 0.1) is 17.2 Å². The first kappa shape index (κ1) is 8.97. The standard InChI is InChI=1S/C8H12N2O2S/c9-4-5-13(11,12)10-6-7-2-1-3-8(7)10/h7-8H,1-3,5-6H2. The number of sulfonamides is 1. The molecule has 5 heteroatoms. The molecule has 0 radical (unpaired) electrons. The van der Waals surface area contributed by atoms with Crippen LogP contribution in [0.25, 0.3) is 0 Å². The molecule has 0 spiro atoms. The Labute approximate surface area is 78.2 Å². The Morgan fingerprint density at radius 3 is 2.85 bits per heavy atom. The maximum Gasteiger partial charge on any atom is 0.227 e. The summed E-state index contributed by atoms with van der Waals surface area (Å²) in [7, 11) is -3.26. The maximum absolute atomic E-state index is 11.5. The number of hydrogen-bond acceptors (Lipinski definition) is 3. The maximum atomic E-state index is 11.5. The zero-order valence-electron chi connectivity index (χ0n) is 7.31. The zero-order valence-corrected chi connectivity index (χ0v) is 8.13. The van der Waals surface area contributed by atoms with Gasteiger partial charge in [0.1, 0.15) is 0 Å². The van der Waals surface area contributed by atoms with Gasteiger partial charge in [0.2, 0.25) is 10.0 Å². The fourth-order valence-electron chi connectivity index (χ4n) is 2.32. The first-order chi connectivity index (χ1) is 6.15. The van der Waals surface area contributed by atoms with Gasteiger partial charge in [-0.1, -0.05) is 6.42 Å². The summed E-state index contributed by atoms with van der Waals surface area (Å²) < 4.78 is 24.4. The third kappa shape index (κ3) is 1.34. The molecule has 2 rings (SSSR count). The normalized spacial score (nSPS) is 33.5. The van der Waals surface area contributed by atoms with Gasteiger partial charge in [0.05, 0.1) is 6.07 Å². The number of nitrogens with zero attached hydrogens (tertiary/aromatic N) is 2. The van der Waals surface area contributed by atoms with Crippen LogP contribution < -0.4 is 0 Å². The summed E-state index contributed by atoms with van der Waals surface area (Å²) in [4.78, 5) is 0. The van der Waals surface area contributed by atoms with Crippen LogP contribution in [-0.2, 0) is 10.0 Å². The highest BCUT2D eigenvalue weighted by Crippen LogP contribution is 2.40. The molecular formula is C8H12N2O2S. The molecule has 0 N–H and O–H groups in total. The second kappa shape index (κ2) is 2.96. The van der Waals surface area contributed by atoms with E-state index in [1.165, 1.54) is 4.31 Å². The Balaban J connectivity index is 2.08. The summed E-state index contributed by atoms with van der Waals surface area (Å²) in [5.74, 6) is 0.212. The minimum Gasteiger partial charge on any atom is -0.211 e. The molecular weight excluding hydrogens is 188 g/mol. The summed E-state index contributed by atoms with van der Waals surface area (Å²) in [6, 6.07) is 1.93. The Bertz CT molecular complexity index is 344. The lowest BCUT2D eigenvalue weighted by molar-refractivity contribution is 0.132. The highest BCUT2D eigenvalue weighted by atomic mass is 32.2. The molecule has 1 saturated heterocycles. The van der Waals surface area contributed by atoms with Crippen LogP contribution in [0.15, 0.2) is 0 Å². The third-order valence-electron chi connectivity index (χ3n) is 3.01. The van der Waals surface area contributed by atoms with Gasteiger partial charge >= 0.3 is 0 Å². The minimum atomic E-state index is -3.26. The highest BCUT2D eigenvalue weighted by Gasteiger charge is 2.47. The molecule has 72 valence electrons. The Morgan fingerprint density at radius 1 is 1.46 bits per heavy atom. The van der Waals surface area contributed by atoms with E-state index in [9.17, 15) is 8.42 Å². The predicted octanol–water partition coefficient (Wildman–Crippen LogP) is 0.324. The van der Waals surface area contributed by atoms with Crippen molar-refractivity contribution in [1.29, 1.82) is 5.26 Å². The zero-order chi connectivity index (χ0) is 9.47. The van der Waals surface area contributed by atoms with E-state index >= 15 is 0 Å². The van der Waals surface area contributed by atoms with E-state index in [1.807, 2.05) is 0 Å². The molecule has 2 unspecified atom stereocenters. The molecule has 0 amide bonds. The summed E-state index contributed by atoms with van der Waals surface area (Å²) >= 11 is 0. The number of nitriles is 1. The topological polar surface area (TPSA) is 61.2 Å². The van der Waals surface area contributed by atoms with Crippen molar-refractivity contribution in [2.24, 2.45) is 5.92 Å². The number of hydrogen-bond donors (Lipinski definition) is 0. The average molecular weight is 200 g/mol. The summed E-state index contributed by atoms with van der Waals surface area (Å²) in [6.45, 7) is 0.648. The Morgan fingerprint density at radius 2 is 2.23 bits per heavy atom. The Hall–Kier alpha value is -0.600. The van der Waals surface area contributed by atoms with Crippen LogP contribution in [-0.4, -0.2) is 31.1 Å². The predicted molar refractivity (Wildman–Crippen MR) is 47.2 cm³/mol. The second-order valence-corrected chi connectivity index (χ2v) is 5.66. The molecule has 0 aromatic heterocycles. The molecule has 1 aliphatic heterocycles. The van der Waals surface area contributed by atoms with Gasteiger partial charge in [-0.2, -0.15) is 9.57 Å². The van der Waals surface area contributed by atoms with Crippen LogP contribution in [0.1, 0.15) is 19.3 Å². The number of fused-ring (bicyclic) bond motifs is 1. The van der Waals surface area contributed by atoms with Crippen molar-refractivity contribution in [3.05, 3.63) is 0 Å². The van der Waals surface area contributed by atoms with Crippen LogP contribution in [0.4, 0.5) is 0 Å². The first-order valence-electron chi connectivity index (χ1n) is 4.51. The molecule has 2 atom stereocenters. The summed E-state index contributed by atoms with van der Waals surface area (Å²) in [5, 5.41) is 8.36. The van der Waals surface area contributed by atoms with Gasteiger partial charge in [-0.3, -0.25) is 0 Å². The van der Waals surface area contributed by atoms with Crippen LogP contribution >= 0.6 is 0 Å². The van der Waals surface area contributed by atoms with Crippen molar-refractivity contribution in [1.82, 2.24) is 4.31 Å². The van der Waals surface area contributed by atoms with E-state index in [4.69, 9.17) is 5.26 Å². The largest absolute Gasteiger partial charge is 0.227 e. The van der Waals surface area contributed by atoms with Gasteiger partial charge in [-0.15, -0.1) is 0 Å². The fourth-order valence-corrected chi connectivity index (χ4v) is 3.76. The Kier molecular flexibility index (Phi) is 2.05. The number of rotatable bonds is 2. The van der Waals surface area contributed by atoms with Gasteiger partial charge in [0.15, 0.2) is 5.75 Å². The van der Waals surface area contributed by atoms with Gasteiger partial charge in [0, 0.05) is 12.6 Å². The van der Waals surface area contributed by atoms with Crippen LogP contribution in [0.5, 0.6) is 0 Å². The van der Waals surface area contributed by atoms with Crippen molar-refractivity contribution >= 4 is 10.0 Å². The van der Waals surface area contributed by atoms with E-state index in [0.29, 0.717) is 12.5 Å². The highest BCUT2D eigenvalue weighted by molar-refractivity contribution is 7.89. The van der Waals surface area contributed by atoms with Crippen molar-refractivity contribution in [2.75, 3.05) is 12.3 Å². The SMILES string of the molecule is N#CCS(=O)(=O)N1CC2CCCC21. The van der Waals surface area contributed by atoms with Crippen molar-refractivity contribution < 1.29 is 8.42 Å². The van der Waals surface area contributed by atoms with E-state index in [0.717, 1.165) is 19.3 Å². The lowest BCUT2D eigenvalue weighted by Crippen LogP contribution is -2.56. The van der Waals surface area contributed by atoms with Crippen LogP contribution in [0.2, 0.25) is 0 Å². The van der Waals surface area contributed by atoms with E-state index < -0.39 is 10.0 Å². The van der Waals surface area contributed by atoms with Crippen molar-refractivity contribution in [3.8, 4) is 6.07 Å². The molecule has 2 aliphatic rings. The molecule has 1 heterocycles. The smallest absolute Gasteiger partial charge is 0.211 e. The second-order valence-electron chi connectivity index (χ2n) is 3.74. The molecule has 1 aliphatic carbocycles. The van der Waals surface area contributed by atoms with Crippen molar-refractivity contribution in [3.63, 3.8) is 0 Å². The quantitative estimate of drug-likeness (QED) is 0.645. The van der Waals surface area contributed by atoms with Crippen LogP contribution in [0.3, 0.4) is 0 Å². The minimum absolute atomic E-state index is 0.221. The molecule has 4 nitrogen and oxygen atoms in total. The van der Waals surface area contributed by atoms with Crippen molar-refractivity contribution in [2.45, 2.75) is 25.3 Å². The van der Waals surface area contributed by atoms with Gasteiger partial charge in [-0.05, 0) is 18.8 Å². The van der Waals surface area contributed by atoms with E-state index in [2.05, 4.69) is 0 Å².